The number of hydrogen-bond donors (Lipinski definition) is 1. The van der Waals surface area contributed by atoms with Gasteiger partial charge in [-0.15, -0.1) is 0 Å². The van der Waals surface area contributed by atoms with Gasteiger partial charge in [0.2, 0.25) is 5.91 Å². The number of amides is 1. The number of rotatable bonds is 4. The average Bonchev–Trinajstić information content (AvgIpc) is 2.88. The third kappa shape index (κ3) is 3.13. The molecule has 0 saturated carbocycles. The maximum absolute atomic E-state index is 12.6. The van der Waals surface area contributed by atoms with Crippen molar-refractivity contribution in [1.82, 2.24) is 0 Å². The molecule has 1 heterocycles. The first kappa shape index (κ1) is 15.7. The Hall–Kier alpha value is -2.20. The van der Waals surface area contributed by atoms with Crippen LogP contribution in [-0.4, -0.2) is 25.6 Å². The minimum atomic E-state index is 0.0504. The molecule has 120 valence electrons. The van der Waals surface area contributed by atoms with Crippen molar-refractivity contribution in [3.05, 3.63) is 53.1 Å². The van der Waals surface area contributed by atoms with Crippen LogP contribution in [0.1, 0.15) is 12.5 Å². The lowest BCUT2D eigenvalue weighted by Crippen LogP contribution is -2.39. The van der Waals surface area contributed by atoms with E-state index in [1.807, 2.05) is 29.2 Å². The number of nitrogens with one attached hydrogen (secondary N) is 1. The second-order valence-electron chi connectivity index (χ2n) is 5.65. The van der Waals surface area contributed by atoms with Gasteiger partial charge in [-0.05, 0) is 43.2 Å². The molecule has 1 aliphatic heterocycles. The SMILES string of the molecule is COc1ccc(NCC(=O)N2c3ccccc3C[C@H]2C)cc1Cl. The highest BCUT2D eigenvalue weighted by atomic mass is 35.5. The lowest BCUT2D eigenvalue weighted by molar-refractivity contribution is -0.117. The van der Waals surface area contributed by atoms with Crippen molar-refractivity contribution in [2.45, 2.75) is 19.4 Å². The molecule has 0 aliphatic carbocycles. The number of carbonyl (C=O) groups excluding carboxylic acids is 1. The first-order valence-corrected chi connectivity index (χ1v) is 7.95. The molecule has 0 aromatic heterocycles. The van der Waals surface area contributed by atoms with Crippen LogP contribution in [0, 0.1) is 0 Å². The normalized spacial score (nSPS) is 16.1. The van der Waals surface area contributed by atoms with E-state index < -0.39 is 0 Å². The Balaban J connectivity index is 1.69. The summed E-state index contributed by atoms with van der Waals surface area (Å²) < 4.78 is 5.13. The molecule has 0 spiro atoms. The predicted molar refractivity (Wildman–Crippen MR) is 93.6 cm³/mol. The second kappa shape index (κ2) is 6.50. The number of hydrogen-bond acceptors (Lipinski definition) is 3. The Morgan fingerprint density at radius 3 is 2.87 bits per heavy atom. The number of carbonyl (C=O) groups is 1. The van der Waals surface area contributed by atoms with Crippen LogP contribution in [-0.2, 0) is 11.2 Å². The topological polar surface area (TPSA) is 41.6 Å². The molecule has 0 fully saturated rings. The summed E-state index contributed by atoms with van der Waals surface area (Å²) >= 11 is 6.10. The van der Waals surface area contributed by atoms with Gasteiger partial charge in [0.1, 0.15) is 5.75 Å². The Morgan fingerprint density at radius 2 is 2.13 bits per heavy atom. The minimum Gasteiger partial charge on any atom is -0.495 e. The van der Waals surface area contributed by atoms with E-state index in [4.69, 9.17) is 16.3 Å². The summed E-state index contributed by atoms with van der Waals surface area (Å²) in [6, 6.07) is 13.6. The highest BCUT2D eigenvalue weighted by molar-refractivity contribution is 6.32. The molecule has 2 aromatic carbocycles. The van der Waals surface area contributed by atoms with Gasteiger partial charge in [0.05, 0.1) is 18.7 Å². The number of benzene rings is 2. The van der Waals surface area contributed by atoms with Gasteiger partial charge in [-0.25, -0.2) is 0 Å². The molecule has 0 bridgehead atoms. The second-order valence-corrected chi connectivity index (χ2v) is 6.06. The Labute approximate surface area is 141 Å². The Morgan fingerprint density at radius 1 is 1.35 bits per heavy atom. The average molecular weight is 331 g/mol. The van der Waals surface area contributed by atoms with Crippen LogP contribution in [0.25, 0.3) is 0 Å². The number of fused-ring (bicyclic) bond motifs is 1. The van der Waals surface area contributed by atoms with Crippen molar-refractivity contribution in [2.24, 2.45) is 0 Å². The monoisotopic (exact) mass is 330 g/mol. The van der Waals surface area contributed by atoms with Crippen LogP contribution in [0.15, 0.2) is 42.5 Å². The molecule has 5 heteroatoms. The van der Waals surface area contributed by atoms with Crippen LogP contribution >= 0.6 is 11.6 Å². The molecule has 1 aliphatic rings. The molecule has 4 nitrogen and oxygen atoms in total. The van der Waals surface area contributed by atoms with E-state index in [1.54, 1.807) is 19.2 Å². The number of nitrogens with zero attached hydrogens (tertiary/aromatic N) is 1. The zero-order valence-corrected chi connectivity index (χ0v) is 13.9. The van der Waals surface area contributed by atoms with Crippen molar-refractivity contribution < 1.29 is 9.53 Å². The summed E-state index contributed by atoms with van der Waals surface area (Å²) in [5.41, 5.74) is 3.03. The van der Waals surface area contributed by atoms with Crippen LogP contribution in [0.5, 0.6) is 5.75 Å². The van der Waals surface area contributed by atoms with Crippen molar-refractivity contribution in [3.63, 3.8) is 0 Å². The van der Waals surface area contributed by atoms with Crippen LogP contribution in [0.2, 0.25) is 5.02 Å². The summed E-state index contributed by atoms with van der Waals surface area (Å²) in [4.78, 5) is 14.5. The standard InChI is InChI=1S/C18H19ClN2O2/c1-12-9-13-5-3-4-6-16(13)21(12)18(22)11-20-14-7-8-17(23-2)15(19)10-14/h3-8,10,12,20H,9,11H2,1-2H3/t12-/m1/s1. The number of para-hydroxylation sites is 1. The van der Waals surface area contributed by atoms with E-state index >= 15 is 0 Å². The van der Waals surface area contributed by atoms with Gasteiger partial charge in [0.15, 0.2) is 0 Å². The highest BCUT2D eigenvalue weighted by Crippen LogP contribution is 2.32. The summed E-state index contributed by atoms with van der Waals surface area (Å²) in [5.74, 6) is 0.667. The molecular weight excluding hydrogens is 312 g/mol. The Kier molecular flexibility index (Phi) is 4.44. The molecule has 2 aromatic rings. The van der Waals surface area contributed by atoms with Gasteiger partial charge in [0.25, 0.3) is 0 Å². The van der Waals surface area contributed by atoms with Gasteiger partial charge in [0, 0.05) is 17.4 Å². The molecular formula is C18H19ClN2O2. The highest BCUT2D eigenvalue weighted by Gasteiger charge is 2.30. The number of methoxy groups -OCH3 is 1. The van der Waals surface area contributed by atoms with E-state index in [0.717, 1.165) is 17.8 Å². The number of ether oxygens (including phenoxy) is 1. The van der Waals surface area contributed by atoms with Gasteiger partial charge in [-0.1, -0.05) is 29.8 Å². The lowest BCUT2D eigenvalue weighted by atomic mass is 10.1. The molecule has 0 unspecified atom stereocenters. The van der Waals surface area contributed by atoms with Gasteiger partial charge in [-0.3, -0.25) is 4.79 Å². The zero-order valence-electron chi connectivity index (χ0n) is 13.2. The summed E-state index contributed by atoms with van der Waals surface area (Å²) in [6.45, 7) is 2.30. The first-order chi connectivity index (χ1) is 11.1. The fourth-order valence-electron chi connectivity index (χ4n) is 2.98. The third-order valence-corrected chi connectivity index (χ3v) is 4.37. The molecule has 1 N–H and O–H groups in total. The van der Waals surface area contributed by atoms with Crippen LogP contribution in [0.4, 0.5) is 11.4 Å². The van der Waals surface area contributed by atoms with E-state index in [1.165, 1.54) is 5.56 Å². The number of anilines is 2. The molecule has 0 saturated heterocycles. The Bertz CT molecular complexity index is 733. The fourth-order valence-corrected chi connectivity index (χ4v) is 3.24. The molecule has 3 rings (SSSR count). The van der Waals surface area contributed by atoms with Crippen molar-refractivity contribution in [1.29, 1.82) is 0 Å². The quantitative estimate of drug-likeness (QED) is 0.928. The smallest absolute Gasteiger partial charge is 0.246 e. The first-order valence-electron chi connectivity index (χ1n) is 7.57. The van der Waals surface area contributed by atoms with E-state index in [2.05, 4.69) is 18.3 Å². The van der Waals surface area contributed by atoms with Gasteiger partial charge < -0.3 is 15.0 Å². The van der Waals surface area contributed by atoms with E-state index in [-0.39, 0.29) is 18.5 Å². The lowest BCUT2D eigenvalue weighted by Gasteiger charge is -2.23. The maximum atomic E-state index is 12.6. The van der Waals surface area contributed by atoms with E-state index in [0.29, 0.717) is 10.8 Å². The van der Waals surface area contributed by atoms with Crippen LogP contribution < -0.4 is 15.0 Å². The van der Waals surface area contributed by atoms with Crippen molar-refractivity contribution in [2.75, 3.05) is 23.9 Å². The van der Waals surface area contributed by atoms with Crippen LogP contribution in [0.3, 0.4) is 0 Å². The summed E-state index contributed by atoms with van der Waals surface area (Å²) in [5, 5.41) is 3.65. The third-order valence-electron chi connectivity index (χ3n) is 4.07. The minimum absolute atomic E-state index is 0.0504. The van der Waals surface area contributed by atoms with E-state index in [9.17, 15) is 4.79 Å². The van der Waals surface area contributed by atoms with Crippen molar-refractivity contribution in [3.8, 4) is 5.75 Å². The van der Waals surface area contributed by atoms with Gasteiger partial charge >= 0.3 is 0 Å². The summed E-state index contributed by atoms with van der Waals surface area (Å²) in [6.07, 6.45) is 0.899. The molecule has 1 amide bonds. The van der Waals surface area contributed by atoms with Gasteiger partial charge in [-0.2, -0.15) is 0 Å². The predicted octanol–water partition coefficient (Wildman–Crippen LogP) is 3.74. The fraction of sp³-hybridized carbons (Fsp3) is 0.278. The largest absolute Gasteiger partial charge is 0.495 e. The molecule has 23 heavy (non-hydrogen) atoms. The summed E-state index contributed by atoms with van der Waals surface area (Å²) in [7, 11) is 1.57. The molecule has 1 atom stereocenters. The zero-order chi connectivity index (χ0) is 16.4. The number of halogens is 1. The molecule has 0 radical (unpaired) electrons. The van der Waals surface area contributed by atoms with Crippen molar-refractivity contribution >= 4 is 28.9 Å². The maximum Gasteiger partial charge on any atom is 0.246 e.